The Bertz CT molecular complexity index is 722. The molecule has 5 atom stereocenters. The summed E-state index contributed by atoms with van der Waals surface area (Å²) in [5, 5.41) is 21.1. The minimum atomic E-state index is -3.18. The first-order valence-electron chi connectivity index (χ1n) is 7.51. The predicted octanol–water partition coefficient (Wildman–Crippen LogP) is 0.763. The number of hydrogen-bond acceptors (Lipinski definition) is 7. The number of hydrogen-bond donors (Lipinski definition) is 2. The average molecular weight is 358 g/mol. The molecular formula is C16H16F2O7. The normalized spacial score (nSPS) is 33.5. The quantitative estimate of drug-likeness (QED) is 0.769. The fourth-order valence-corrected chi connectivity index (χ4v) is 3.60. The Hall–Kier alpha value is -2.26. The number of alkyl halides is 2. The molecule has 0 aromatic heterocycles. The maximum Gasteiger partial charge on any atom is 0.387 e. The Morgan fingerprint density at radius 2 is 2.08 bits per heavy atom. The summed E-state index contributed by atoms with van der Waals surface area (Å²) in [4.78, 5) is 25.0. The number of fused-ring (bicyclic) bond motifs is 2. The number of ether oxygens (including phenoxy) is 3. The van der Waals surface area contributed by atoms with Crippen molar-refractivity contribution in [3.63, 3.8) is 0 Å². The lowest BCUT2D eigenvalue weighted by atomic mass is 9.80. The van der Waals surface area contributed by atoms with Gasteiger partial charge in [-0.3, -0.25) is 4.79 Å². The van der Waals surface area contributed by atoms with Crippen molar-refractivity contribution < 1.29 is 42.8 Å². The number of halogens is 2. The number of aliphatic hydroxyl groups excluding tert-OH is 1. The highest BCUT2D eigenvalue weighted by molar-refractivity contribution is 6.07. The van der Waals surface area contributed by atoms with Gasteiger partial charge in [0.05, 0.1) is 7.11 Å². The molecule has 1 saturated carbocycles. The molecule has 1 heterocycles. The van der Waals surface area contributed by atoms with Crippen molar-refractivity contribution >= 4 is 11.8 Å². The SMILES string of the molecule is COC(=O)[C@@]1(O)[C@@H]2C(=O)c3c(OC(F)F)cccc3O[C@@H]2[C@@H](C)[C@@H]1O. The topological polar surface area (TPSA) is 102 Å². The molecule has 1 aliphatic carbocycles. The summed E-state index contributed by atoms with van der Waals surface area (Å²) in [5.41, 5.74) is -2.86. The second-order valence-corrected chi connectivity index (χ2v) is 6.05. The molecule has 136 valence electrons. The van der Waals surface area contributed by atoms with Crippen LogP contribution in [0.2, 0.25) is 0 Å². The van der Waals surface area contributed by atoms with E-state index in [2.05, 4.69) is 9.47 Å². The van der Waals surface area contributed by atoms with Crippen LogP contribution in [-0.4, -0.2) is 53.5 Å². The number of aliphatic hydroxyl groups is 2. The Kier molecular flexibility index (Phi) is 4.16. The van der Waals surface area contributed by atoms with E-state index < -0.39 is 53.8 Å². The zero-order valence-corrected chi connectivity index (χ0v) is 13.3. The van der Waals surface area contributed by atoms with Crippen LogP contribution in [0.1, 0.15) is 17.3 Å². The molecule has 9 heteroatoms. The van der Waals surface area contributed by atoms with E-state index in [1.807, 2.05) is 0 Å². The zero-order chi connectivity index (χ0) is 18.5. The van der Waals surface area contributed by atoms with Crippen LogP contribution in [0.25, 0.3) is 0 Å². The molecule has 0 amide bonds. The van der Waals surface area contributed by atoms with Crippen molar-refractivity contribution in [3.05, 3.63) is 23.8 Å². The van der Waals surface area contributed by atoms with E-state index in [0.29, 0.717) is 0 Å². The number of benzene rings is 1. The Balaban J connectivity index is 2.13. The van der Waals surface area contributed by atoms with Gasteiger partial charge in [-0.2, -0.15) is 8.78 Å². The molecule has 0 radical (unpaired) electrons. The maximum absolute atomic E-state index is 12.9. The summed E-state index contributed by atoms with van der Waals surface area (Å²) in [6.07, 6.45) is -2.66. The van der Waals surface area contributed by atoms with E-state index in [9.17, 15) is 28.6 Å². The summed E-state index contributed by atoms with van der Waals surface area (Å²) < 4.78 is 39.7. The standard InChI is InChI=1S/C16H16F2O7/c1-6-12-10(16(22,13(6)20)14(21)23-2)11(19)9-7(24-12)4-3-5-8(9)25-15(17)18/h3-6,10,12-13,15,20,22H,1-2H3/t6-,10-,12-,13+,16-/m1/s1. The second-order valence-electron chi connectivity index (χ2n) is 6.05. The van der Waals surface area contributed by atoms with E-state index >= 15 is 0 Å². The summed E-state index contributed by atoms with van der Waals surface area (Å²) in [7, 11) is 0.998. The molecule has 1 aromatic rings. The third-order valence-electron chi connectivity index (χ3n) is 4.78. The van der Waals surface area contributed by atoms with E-state index in [4.69, 9.17) is 4.74 Å². The summed E-state index contributed by atoms with van der Waals surface area (Å²) in [6.45, 7) is -1.68. The van der Waals surface area contributed by atoms with Crippen LogP contribution in [0.3, 0.4) is 0 Å². The molecule has 0 unspecified atom stereocenters. The van der Waals surface area contributed by atoms with Gasteiger partial charge < -0.3 is 24.4 Å². The molecule has 1 fully saturated rings. The highest BCUT2D eigenvalue weighted by Gasteiger charge is 2.68. The van der Waals surface area contributed by atoms with Gasteiger partial charge in [0.2, 0.25) is 5.60 Å². The summed E-state index contributed by atoms with van der Waals surface area (Å²) in [6, 6.07) is 3.90. The lowest BCUT2D eigenvalue weighted by molar-refractivity contribution is -0.177. The fraction of sp³-hybridized carbons (Fsp3) is 0.500. The summed E-state index contributed by atoms with van der Waals surface area (Å²) >= 11 is 0. The molecule has 1 aliphatic heterocycles. The number of Topliss-reactive ketones (excluding diaryl/α,β-unsaturated/α-hetero) is 1. The van der Waals surface area contributed by atoms with E-state index in [0.717, 1.165) is 13.2 Å². The second kappa shape index (κ2) is 5.92. The highest BCUT2D eigenvalue weighted by Crippen LogP contribution is 2.50. The molecule has 3 rings (SSSR count). The van der Waals surface area contributed by atoms with Crippen LogP contribution in [0.5, 0.6) is 11.5 Å². The van der Waals surface area contributed by atoms with Gasteiger partial charge in [0, 0.05) is 5.92 Å². The number of methoxy groups -OCH3 is 1. The molecular weight excluding hydrogens is 342 g/mol. The van der Waals surface area contributed by atoms with E-state index in [1.54, 1.807) is 0 Å². The van der Waals surface area contributed by atoms with Gasteiger partial charge >= 0.3 is 12.6 Å². The van der Waals surface area contributed by atoms with Gasteiger partial charge in [-0.15, -0.1) is 0 Å². The number of carbonyl (C=O) groups is 2. The van der Waals surface area contributed by atoms with Crippen molar-refractivity contribution in [1.29, 1.82) is 0 Å². The highest BCUT2D eigenvalue weighted by atomic mass is 19.3. The molecule has 7 nitrogen and oxygen atoms in total. The smallest absolute Gasteiger partial charge is 0.387 e. The summed E-state index contributed by atoms with van der Waals surface area (Å²) in [5.74, 6) is -4.79. The lowest BCUT2D eigenvalue weighted by Crippen LogP contribution is -2.56. The first-order valence-corrected chi connectivity index (χ1v) is 7.51. The van der Waals surface area contributed by atoms with Crippen molar-refractivity contribution in [2.24, 2.45) is 11.8 Å². The fourth-order valence-electron chi connectivity index (χ4n) is 3.60. The predicted molar refractivity (Wildman–Crippen MR) is 77.4 cm³/mol. The molecule has 2 aliphatic rings. The van der Waals surface area contributed by atoms with Crippen LogP contribution in [-0.2, 0) is 9.53 Å². The van der Waals surface area contributed by atoms with Crippen molar-refractivity contribution in [1.82, 2.24) is 0 Å². The number of carbonyl (C=O) groups excluding carboxylic acids is 2. The van der Waals surface area contributed by atoms with Gasteiger partial charge in [-0.1, -0.05) is 13.0 Å². The third-order valence-corrected chi connectivity index (χ3v) is 4.78. The van der Waals surface area contributed by atoms with Crippen molar-refractivity contribution in [3.8, 4) is 11.5 Å². The Morgan fingerprint density at radius 1 is 1.40 bits per heavy atom. The first kappa shape index (κ1) is 17.6. The first-order chi connectivity index (χ1) is 11.7. The van der Waals surface area contributed by atoms with Gasteiger partial charge in [0.15, 0.2) is 5.78 Å². The zero-order valence-electron chi connectivity index (χ0n) is 13.3. The van der Waals surface area contributed by atoms with Gasteiger partial charge in [-0.05, 0) is 12.1 Å². The van der Waals surface area contributed by atoms with Crippen LogP contribution in [0, 0.1) is 11.8 Å². The Labute approximate surface area is 141 Å². The molecule has 0 saturated heterocycles. The minimum Gasteiger partial charge on any atom is -0.488 e. The number of ketones is 1. The van der Waals surface area contributed by atoms with E-state index in [-0.39, 0.29) is 11.3 Å². The monoisotopic (exact) mass is 358 g/mol. The van der Waals surface area contributed by atoms with Crippen LogP contribution >= 0.6 is 0 Å². The maximum atomic E-state index is 12.9. The molecule has 25 heavy (non-hydrogen) atoms. The molecule has 0 spiro atoms. The largest absolute Gasteiger partial charge is 0.488 e. The van der Waals surface area contributed by atoms with E-state index in [1.165, 1.54) is 19.1 Å². The van der Waals surface area contributed by atoms with Crippen LogP contribution < -0.4 is 9.47 Å². The molecule has 2 N–H and O–H groups in total. The molecule has 1 aromatic carbocycles. The molecule has 0 bridgehead atoms. The lowest BCUT2D eigenvalue weighted by Gasteiger charge is -2.34. The van der Waals surface area contributed by atoms with Gasteiger partial charge in [0.1, 0.15) is 35.2 Å². The van der Waals surface area contributed by atoms with Crippen molar-refractivity contribution in [2.75, 3.05) is 7.11 Å². The van der Waals surface area contributed by atoms with Gasteiger partial charge in [-0.25, -0.2) is 4.79 Å². The van der Waals surface area contributed by atoms with Crippen molar-refractivity contribution in [2.45, 2.75) is 31.3 Å². The van der Waals surface area contributed by atoms with Crippen LogP contribution in [0.4, 0.5) is 8.78 Å². The number of rotatable bonds is 3. The minimum absolute atomic E-state index is 0.0161. The third kappa shape index (κ3) is 2.37. The van der Waals surface area contributed by atoms with Gasteiger partial charge in [0.25, 0.3) is 0 Å². The number of esters is 1. The van der Waals surface area contributed by atoms with Crippen LogP contribution in [0.15, 0.2) is 18.2 Å². The average Bonchev–Trinajstić information content (AvgIpc) is 2.76. The Morgan fingerprint density at radius 3 is 2.68 bits per heavy atom.